The summed E-state index contributed by atoms with van der Waals surface area (Å²) in [6.07, 6.45) is 0.651. The van der Waals surface area contributed by atoms with E-state index in [-0.39, 0.29) is 6.42 Å². The summed E-state index contributed by atoms with van der Waals surface area (Å²) >= 11 is 1.54. The molecule has 2 unspecified atom stereocenters. The minimum Gasteiger partial charge on any atom is -0.493 e. The number of thioether (sulfide) groups is 1. The van der Waals surface area contributed by atoms with E-state index in [1.165, 1.54) is 11.8 Å². The van der Waals surface area contributed by atoms with Crippen LogP contribution in [0.4, 0.5) is 14.5 Å². The SMILES string of the molecule is CCSCCC(O)(C(Nc1cccc2nc(C)ccc12)c1cccc2c1OCC2)C(C)(F)F. The Bertz CT molecular complexity index is 1130. The topological polar surface area (TPSA) is 54.4 Å². The van der Waals surface area contributed by atoms with Crippen LogP contribution in [-0.4, -0.2) is 39.7 Å². The Hall–Kier alpha value is -2.38. The predicted molar refractivity (Wildman–Crippen MR) is 132 cm³/mol. The summed E-state index contributed by atoms with van der Waals surface area (Å²) < 4.78 is 36.3. The molecule has 1 aliphatic heterocycles. The molecule has 1 aliphatic rings. The van der Waals surface area contributed by atoms with Crippen molar-refractivity contribution in [3.8, 4) is 5.75 Å². The number of ether oxygens (including phenoxy) is 1. The first kappa shape index (κ1) is 23.8. The van der Waals surface area contributed by atoms with Crippen molar-refractivity contribution in [1.82, 2.24) is 4.98 Å². The van der Waals surface area contributed by atoms with Gasteiger partial charge in [-0.05, 0) is 54.7 Å². The minimum atomic E-state index is -3.36. The second kappa shape index (κ2) is 9.47. The second-order valence-corrected chi connectivity index (χ2v) is 9.99. The maximum atomic E-state index is 15.2. The largest absolute Gasteiger partial charge is 0.493 e. The zero-order chi connectivity index (χ0) is 23.6. The van der Waals surface area contributed by atoms with Crippen LogP contribution in [0.3, 0.4) is 0 Å². The third kappa shape index (κ3) is 4.66. The molecule has 4 rings (SSSR count). The number of nitrogens with zero attached hydrogens (tertiary/aromatic N) is 1. The fraction of sp³-hybridized carbons (Fsp3) is 0.423. The standard InChI is InChI=1S/C26H30F2N2O2S/c1-4-33-16-14-26(31,25(3,27)28)24(20-8-5-7-18-13-15-32-23(18)20)30-22-10-6-9-21-19(22)12-11-17(2)29-21/h5-12,24,30-31H,4,13-16H2,1-3H3. The fourth-order valence-corrected chi connectivity index (χ4v) is 5.19. The first-order valence-electron chi connectivity index (χ1n) is 11.3. The van der Waals surface area contributed by atoms with E-state index >= 15 is 8.78 Å². The number of halogens is 2. The van der Waals surface area contributed by atoms with Gasteiger partial charge in [-0.15, -0.1) is 0 Å². The van der Waals surface area contributed by atoms with Crippen molar-refractivity contribution in [2.75, 3.05) is 23.4 Å². The molecule has 7 heteroatoms. The van der Waals surface area contributed by atoms with E-state index in [1.54, 1.807) is 6.07 Å². The molecule has 0 saturated carbocycles. The Morgan fingerprint density at radius 3 is 2.73 bits per heavy atom. The van der Waals surface area contributed by atoms with E-state index in [0.29, 0.717) is 29.4 Å². The van der Waals surface area contributed by atoms with Gasteiger partial charge in [0.1, 0.15) is 5.75 Å². The highest BCUT2D eigenvalue weighted by Gasteiger charge is 2.55. The van der Waals surface area contributed by atoms with Crippen LogP contribution in [0.15, 0.2) is 48.5 Å². The van der Waals surface area contributed by atoms with Crippen LogP contribution in [0.5, 0.6) is 5.75 Å². The minimum absolute atomic E-state index is 0.0710. The number of aliphatic hydroxyl groups is 1. The van der Waals surface area contributed by atoms with Crippen molar-refractivity contribution in [3.63, 3.8) is 0 Å². The van der Waals surface area contributed by atoms with Crippen LogP contribution in [0.25, 0.3) is 10.9 Å². The summed E-state index contributed by atoms with van der Waals surface area (Å²) in [5, 5.41) is 15.8. The maximum Gasteiger partial charge on any atom is 0.275 e. The molecule has 2 heterocycles. The van der Waals surface area contributed by atoms with Gasteiger partial charge >= 0.3 is 0 Å². The number of para-hydroxylation sites is 1. The lowest BCUT2D eigenvalue weighted by atomic mass is 9.80. The van der Waals surface area contributed by atoms with Gasteiger partial charge in [-0.25, -0.2) is 8.78 Å². The summed E-state index contributed by atoms with van der Waals surface area (Å²) in [6.45, 7) is 5.20. The van der Waals surface area contributed by atoms with Crippen molar-refractivity contribution in [1.29, 1.82) is 0 Å². The predicted octanol–water partition coefficient (Wildman–Crippen LogP) is 6.16. The van der Waals surface area contributed by atoms with Crippen molar-refractivity contribution >= 4 is 28.4 Å². The quantitative estimate of drug-likeness (QED) is 0.365. The van der Waals surface area contributed by atoms with Gasteiger partial charge < -0.3 is 15.2 Å². The lowest BCUT2D eigenvalue weighted by Gasteiger charge is -2.42. The molecule has 0 saturated heterocycles. The van der Waals surface area contributed by atoms with Gasteiger partial charge in [0, 0.05) is 35.7 Å². The first-order chi connectivity index (χ1) is 15.7. The fourth-order valence-electron chi connectivity index (χ4n) is 4.45. The van der Waals surface area contributed by atoms with Crippen LogP contribution in [0.2, 0.25) is 0 Å². The van der Waals surface area contributed by atoms with Gasteiger partial charge in [0.05, 0.1) is 18.2 Å². The monoisotopic (exact) mass is 472 g/mol. The molecular weight excluding hydrogens is 442 g/mol. The molecule has 0 radical (unpaired) electrons. The van der Waals surface area contributed by atoms with Crippen LogP contribution < -0.4 is 10.1 Å². The van der Waals surface area contributed by atoms with Gasteiger partial charge in [-0.1, -0.05) is 31.2 Å². The van der Waals surface area contributed by atoms with E-state index in [4.69, 9.17) is 4.74 Å². The molecule has 1 aromatic heterocycles. The summed E-state index contributed by atoms with van der Waals surface area (Å²) in [5.41, 5.74) is 1.47. The number of aryl methyl sites for hydroxylation is 1. The number of rotatable bonds is 9. The number of hydrogen-bond donors (Lipinski definition) is 2. The van der Waals surface area contributed by atoms with Crippen LogP contribution in [-0.2, 0) is 6.42 Å². The van der Waals surface area contributed by atoms with Gasteiger partial charge in [0.25, 0.3) is 5.92 Å². The van der Waals surface area contributed by atoms with Crippen molar-refractivity contribution in [3.05, 3.63) is 65.4 Å². The number of nitrogens with one attached hydrogen (secondary N) is 1. The molecule has 0 amide bonds. The normalized spacial score (nSPS) is 16.2. The molecular formula is C26H30F2N2O2S. The third-order valence-corrected chi connectivity index (χ3v) is 7.20. The van der Waals surface area contributed by atoms with Gasteiger partial charge in [0.2, 0.25) is 0 Å². The Kier molecular flexibility index (Phi) is 6.82. The summed E-state index contributed by atoms with van der Waals surface area (Å²) in [6, 6.07) is 13.9. The Morgan fingerprint density at radius 1 is 1.18 bits per heavy atom. The van der Waals surface area contributed by atoms with Gasteiger partial charge in [0.15, 0.2) is 5.60 Å². The zero-order valence-electron chi connectivity index (χ0n) is 19.2. The summed E-state index contributed by atoms with van der Waals surface area (Å²) in [4.78, 5) is 4.57. The highest BCUT2D eigenvalue weighted by Crippen LogP contribution is 2.48. The average Bonchev–Trinajstić information content (AvgIpc) is 3.26. The summed E-state index contributed by atoms with van der Waals surface area (Å²) in [7, 11) is 0. The lowest BCUT2D eigenvalue weighted by molar-refractivity contribution is -0.180. The number of anilines is 1. The molecule has 2 aromatic carbocycles. The number of hydrogen-bond acceptors (Lipinski definition) is 5. The van der Waals surface area contributed by atoms with Crippen molar-refractivity contribution in [2.45, 2.75) is 51.2 Å². The molecule has 4 nitrogen and oxygen atoms in total. The molecule has 176 valence electrons. The van der Waals surface area contributed by atoms with Crippen molar-refractivity contribution < 1.29 is 18.6 Å². The molecule has 3 aromatic rings. The van der Waals surface area contributed by atoms with Crippen LogP contribution >= 0.6 is 11.8 Å². The number of pyridine rings is 1. The molecule has 0 bridgehead atoms. The lowest BCUT2D eigenvalue weighted by Crippen LogP contribution is -2.53. The van der Waals surface area contributed by atoms with E-state index in [9.17, 15) is 5.11 Å². The molecule has 0 spiro atoms. The third-order valence-electron chi connectivity index (χ3n) is 6.30. The molecule has 0 fully saturated rings. The highest BCUT2D eigenvalue weighted by molar-refractivity contribution is 7.99. The molecule has 2 N–H and O–H groups in total. The van der Waals surface area contributed by atoms with Gasteiger partial charge in [-0.2, -0.15) is 11.8 Å². The van der Waals surface area contributed by atoms with Crippen LogP contribution in [0, 0.1) is 6.92 Å². The van der Waals surface area contributed by atoms with Gasteiger partial charge in [-0.3, -0.25) is 4.98 Å². The Balaban J connectivity index is 1.86. The Morgan fingerprint density at radius 2 is 1.97 bits per heavy atom. The number of benzene rings is 2. The van der Waals surface area contributed by atoms with E-state index < -0.39 is 17.6 Å². The maximum absolute atomic E-state index is 15.2. The molecule has 0 aliphatic carbocycles. The molecule has 33 heavy (non-hydrogen) atoms. The highest BCUT2D eigenvalue weighted by atomic mass is 32.2. The van der Waals surface area contributed by atoms with E-state index in [2.05, 4.69) is 10.3 Å². The second-order valence-electron chi connectivity index (χ2n) is 8.60. The zero-order valence-corrected chi connectivity index (χ0v) is 20.0. The molecule has 2 atom stereocenters. The number of fused-ring (bicyclic) bond motifs is 2. The van der Waals surface area contributed by atoms with Crippen molar-refractivity contribution in [2.24, 2.45) is 0 Å². The smallest absolute Gasteiger partial charge is 0.275 e. The number of alkyl halides is 2. The first-order valence-corrected chi connectivity index (χ1v) is 12.5. The number of aromatic nitrogens is 1. The van der Waals surface area contributed by atoms with E-state index in [1.807, 2.05) is 56.3 Å². The van der Waals surface area contributed by atoms with Crippen LogP contribution in [0.1, 0.15) is 43.1 Å². The average molecular weight is 473 g/mol. The summed E-state index contributed by atoms with van der Waals surface area (Å²) in [5.74, 6) is -1.56. The Labute approximate surface area is 197 Å². The van der Waals surface area contributed by atoms with E-state index in [0.717, 1.165) is 41.3 Å².